The van der Waals surface area contributed by atoms with Crippen LogP contribution in [0.2, 0.25) is 0 Å². The molecule has 3 aromatic heterocycles. The molecule has 1 aliphatic carbocycles. The Morgan fingerprint density at radius 1 is 1.13 bits per heavy atom. The van der Waals surface area contributed by atoms with Crippen molar-refractivity contribution in [3.8, 4) is 0 Å². The number of pyridine rings is 1. The van der Waals surface area contributed by atoms with Gasteiger partial charge in [-0.15, -0.1) is 0 Å². The molecule has 0 radical (unpaired) electrons. The third-order valence-electron chi connectivity index (χ3n) is 7.92. The maximum atomic E-state index is 13.3. The number of carbonyl (C=O) groups is 2. The number of hydrogen-bond acceptors (Lipinski definition) is 8. The highest BCUT2D eigenvalue weighted by molar-refractivity contribution is 5.98. The summed E-state index contributed by atoms with van der Waals surface area (Å²) in [5.74, 6) is 1.19. The molecule has 2 amide bonds. The van der Waals surface area contributed by atoms with E-state index in [9.17, 15) is 9.59 Å². The standard InChI is InChI=1S/C27H34N8O3/c1-33(2)26(37)21-11-18-14-30-27(32-24(18)35(21)20-5-3-4-6-20)31-23-8-7-17(13-29-23)25(36)34-9-10-38-16-19-12-28-15-22(19)34/h7-8,11,13-14,19-20,22,28H,3-6,9-10,12,15-16H2,1-2H3,(H,29,30,31,32)/t19-,22?/m0/s1. The predicted molar refractivity (Wildman–Crippen MR) is 143 cm³/mol. The molecule has 2 aliphatic heterocycles. The molecular formula is C27H34N8O3. The second-order valence-corrected chi connectivity index (χ2v) is 10.6. The van der Waals surface area contributed by atoms with Crippen molar-refractivity contribution >= 4 is 34.6 Å². The van der Waals surface area contributed by atoms with Crippen LogP contribution in [0.4, 0.5) is 11.8 Å². The highest BCUT2D eigenvalue weighted by Gasteiger charge is 2.37. The molecule has 0 bridgehead atoms. The van der Waals surface area contributed by atoms with Gasteiger partial charge < -0.3 is 29.7 Å². The smallest absolute Gasteiger partial charge is 0.270 e. The van der Waals surface area contributed by atoms with Crippen LogP contribution in [0.25, 0.3) is 11.0 Å². The minimum atomic E-state index is -0.0398. The summed E-state index contributed by atoms with van der Waals surface area (Å²) in [4.78, 5) is 43.5. The van der Waals surface area contributed by atoms with Gasteiger partial charge in [-0.1, -0.05) is 12.8 Å². The van der Waals surface area contributed by atoms with Crippen molar-refractivity contribution < 1.29 is 14.3 Å². The fourth-order valence-electron chi connectivity index (χ4n) is 5.94. The lowest BCUT2D eigenvalue weighted by Crippen LogP contribution is -2.45. The highest BCUT2D eigenvalue weighted by Crippen LogP contribution is 2.35. The molecular weight excluding hydrogens is 484 g/mol. The van der Waals surface area contributed by atoms with E-state index in [2.05, 4.69) is 25.2 Å². The average molecular weight is 519 g/mol. The molecule has 11 nitrogen and oxygen atoms in total. The molecule has 1 saturated carbocycles. The van der Waals surface area contributed by atoms with Gasteiger partial charge in [-0.2, -0.15) is 4.98 Å². The number of hydrogen-bond donors (Lipinski definition) is 2. The molecule has 0 spiro atoms. The van der Waals surface area contributed by atoms with E-state index in [-0.39, 0.29) is 23.9 Å². The lowest BCUT2D eigenvalue weighted by molar-refractivity contribution is 0.0673. The number of anilines is 2. The van der Waals surface area contributed by atoms with Crippen LogP contribution in [-0.2, 0) is 4.74 Å². The fraction of sp³-hybridized carbons (Fsp3) is 0.519. The molecule has 38 heavy (non-hydrogen) atoms. The molecule has 6 rings (SSSR count). The molecule has 11 heteroatoms. The Morgan fingerprint density at radius 3 is 2.74 bits per heavy atom. The molecule has 0 aromatic carbocycles. The van der Waals surface area contributed by atoms with Gasteiger partial charge in [0.15, 0.2) is 0 Å². The van der Waals surface area contributed by atoms with Gasteiger partial charge in [0.05, 0.1) is 24.8 Å². The number of nitrogens with one attached hydrogen (secondary N) is 2. The summed E-state index contributed by atoms with van der Waals surface area (Å²) in [6.45, 7) is 3.47. The van der Waals surface area contributed by atoms with Gasteiger partial charge in [0, 0.05) is 63.5 Å². The largest absolute Gasteiger partial charge is 0.379 e. The van der Waals surface area contributed by atoms with Gasteiger partial charge in [-0.3, -0.25) is 9.59 Å². The number of aromatic nitrogens is 4. The van der Waals surface area contributed by atoms with Gasteiger partial charge >= 0.3 is 0 Å². The number of carbonyl (C=O) groups excluding carboxylic acids is 2. The molecule has 3 aromatic rings. The molecule has 1 unspecified atom stereocenters. The van der Waals surface area contributed by atoms with E-state index in [1.165, 1.54) is 0 Å². The quantitative estimate of drug-likeness (QED) is 0.529. The first-order valence-electron chi connectivity index (χ1n) is 13.4. The third-order valence-corrected chi connectivity index (χ3v) is 7.92. The van der Waals surface area contributed by atoms with Crippen LogP contribution in [0.15, 0.2) is 30.6 Å². The van der Waals surface area contributed by atoms with Gasteiger partial charge in [0.2, 0.25) is 5.95 Å². The van der Waals surface area contributed by atoms with Crippen LogP contribution in [0, 0.1) is 5.92 Å². The molecule has 3 fully saturated rings. The Labute approximate surface area is 221 Å². The Morgan fingerprint density at radius 2 is 1.97 bits per heavy atom. The Bertz CT molecular complexity index is 1330. The summed E-state index contributed by atoms with van der Waals surface area (Å²) in [7, 11) is 3.53. The van der Waals surface area contributed by atoms with Crippen LogP contribution in [0.5, 0.6) is 0 Å². The zero-order valence-electron chi connectivity index (χ0n) is 21.9. The van der Waals surface area contributed by atoms with E-state index in [1.54, 1.807) is 43.5 Å². The van der Waals surface area contributed by atoms with Crippen LogP contribution in [0.3, 0.4) is 0 Å². The lowest BCUT2D eigenvalue weighted by Gasteiger charge is -2.29. The minimum Gasteiger partial charge on any atom is -0.379 e. The van der Waals surface area contributed by atoms with E-state index in [0.29, 0.717) is 48.7 Å². The normalized spacial score (nSPS) is 21.9. The number of amides is 2. The van der Waals surface area contributed by atoms with Crippen LogP contribution in [0.1, 0.15) is 52.6 Å². The molecule has 3 aliphatic rings. The SMILES string of the molecule is CN(C)C(=O)c1cc2cnc(Nc3ccc(C(=O)N4CCOC[C@@H]5CNCC54)cn3)nc2n1C1CCCC1. The van der Waals surface area contributed by atoms with Gasteiger partial charge in [-0.05, 0) is 31.0 Å². The average Bonchev–Trinajstić information content (AvgIpc) is 3.66. The van der Waals surface area contributed by atoms with Crippen molar-refractivity contribution in [2.24, 2.45) is 5.92 Å². The van der Waals surface area contributed by atoms with Crippen LogP contribution in [-0.4, -0.2) is 94.1 Å². The maximum absolute atomic E-state index is 13.3. The summed E-state index contributed by atoms with van der Waals surface area (Å²) >= 11 is 0. The Hall–Kier alpha value is -3.57. The summed E-state index contributed by atoms with van der Waals surface area (Å²) in [6.07, 6.45) is 7.69. The van der Waals surface area contributed by atoms with E-state index in [1.807, 2.05) is 11.0 Å². The van der Waals surface area contributed by atoms with Crippen LogP contribution >= 0.6 is 0 Å². The first-order valence-corrected chi connectivity index (χ1v) is 13.4. The van der Waals surface area contributed by atoms with Crippen molar-refractivity contribution in [3.63, 3.8) is 0 Å². The van der Waals surface area contributed by atoms with Gasteiger partial charge in [0.25, 0.3) is 11.8 Å². The molecule has 2 N–H and O–H groups in total. The van der Waals surface area contributed by atoms with Crippen LogP contribution < -0.4 is 10.6 Å². The molecule has 2 atom stereocenters. The first kappa shape index (κ1) is 24.7. The number of rotatable bonds is 5. The zero-order chi connectivity index (χ0) is 26.2. The predicted octanol–water partition coefficient (Wildman–Crippen LogP) is 2.45. The van der Waals surface area contributed by atoms with Crippen molar-refractivity contribution in [2.45, 2.75) is 37.8 Å². The summed E-state index contributed by atoms with van der Waals surface area (Å²) in [5.41, 5.74) is 1.93. The molecule has 2 saturated heterocycles. The monoisotopic (exact) mass is 518 g/mol. The highest BCUT2D eigenvalue weighted by atomic mass is 16.5. The van der Waals surface area contributed by atoms with E-state index >= 15 is 0 Å². The van der Waals surface area contributed by atoms with E-state index in [4.69, 9.17) is 9.72 Å². The van der Waals surface area contributed by atoms with Crippen molar-refractivity contribution in [2.75, 3.05) is 52.3 Å². The van der Waals surface area contributed by atoms with Crippen molar-refractivity contribution in [1.29, 1.82) is 0 Å². The first-order chi connectivity index (χ1) is 18.5. The Kier molecular flexibility index (Phi) is 6.71. The number of nitrogens with zero attached hydrogens (tertiary/aromatic N) is 6. The lowest BCUT2D eigenvalue weighted by atomic mass is 10.0. The van der Waals surface area contributed by atoms with Gasteiger partial charge in [-0.25, -0.2) is 9.97 Å². The zero-order valence-corrected chi connectivity index (χ0v) is 21.9. The summed E-state index contributed by atoms with van der Waals surface area (Å²) in [5, 5.41) is 7.38. The number of ether oxygens (including phenoxy) is 1. The molecule has 200 valence electrons. The fourth-order valence-corrected chi connectivity index (χ4v) is 5.94. The van der Waals surface area contributed by atoms with E-state index < -0.39 is 0 Å². The third kappa shape index (κ3) is 4.60. The maximum Gasteiger partial charge on any atom is 0.270 e. The summed E-state index contributed by atoms with van der Waals surface area (Å²) < 4.78 is 7.80. The second kappa shape index (κ2) is 10.3. The number of fused-ring (bicyclic) bond motifs is 2. The summed E-state index contributed by atoms with van der Waals surface area (Å²) in [6, 6.07) is 5.83. The Balaban J connectivity index is 1.23. The van der Waals surface area contributed by atoms with Crippen molar-refractivity contribution in [3.05, 3.63) is 41.9 Å². The van der Waals surface area contributed by atoms with Crippen molar-refractivity contribution in [1.82, 2.24) is 34.6 Å². The molecule has 5 heterocycles. The minimum absolute atomic E-state index is 0.0293. The topological polar surface area (TPSA) is 118 Å². The van der Waals surface area contributed by atoms with E-state index in [0.717, 1.165) is 49.8 Å². The van der Waals surface area contributed by atoms with Gasteiger partial charge in [0.1, 0.15) is 17.2 Å². The second-order valence-electron chi connectivity index (χ2n) is 10.6.